The number of rotatable bonds is 7. The number of halogens is 5. The Morgan fingerprint density at radius 3 is 2.30 bits per heavy atom. The molecule has 0 bridgehead atoms. The number of carbonyl (C=O) groups excluding carboxylic acids is 1. The maximum absolute atomic E-state index is 14.3. The summed E-state index contributed by atoms with van der Waals surface area (Å²) in [5.74, 6) is -7.40. The van der Waals surface area contributed by atoms with E-state index in [9.17, 15) is 42.1 Å². The van der Waals surface area contributed by atoms with E-state index in [-0.39, 0.29) is 16.9 Å². The van der Waals surface area contributed by atoms with E-state index in [1.54, 1.807) is 0 Å². The van der Waals surface area contributed by atoms with Crippen LogP contribution in [0.5, 0.6) is 0 Å². The Bertz CT molecular complexity index is 1430. The monoisotopic (exact) mass is 612 g/mol. The van der Waals surface area contributed by atoms with E-state index in [1.807, 2.05) is 0 Å². The predicted molar refractivity (Wildman–Crippen MR) is 139 cm³/mol. The van der Waals surface area contributed by atoms with Gasteiger partial charge in [-0.05, 0) is 37.1 Å². The van der Waals surface area contributed by atoms with Gasteiger partial charge in [0.2, 0.25) is 0 Å². The van der Waals surface area contributed by atoms with E-state index in [1.165, 1.54) is 13.3 Å². The molecule has 232 valence electrons. The van der Waals surface area contributed by atoms with Gasteiger partial charge in [0, 0.05) is 24.4 Å². The summed E-state index contributed by atoms with van der Waals surface area (Å²) >= 11 is 0. The zero-order valence-corrected chi connectivity index (χ0v) is 22.8. The summed E-state index contributed by atoms with van der Waals surface area (Å²) in [6.07, 6.45) is -3.83. The molecule has 0 spiro atoms. The smallest absolute Gasteiger partial charge is 0.259 e. The van der Waals surface area contributed by atoms with Crippen molar-refractivity contribution in [2.75, 3.05) is 18.6 Å². The molecule has 1 amide bonds. The molecule has 2 heterocycles. The third kappa shape index (κ3) is 5.99. The van der Waals surface area contributed by atoms with E-state index in [4.69, 9.17) is 9.47 Å². The number of nitrogens with zero attached hydrogens (tertiary/aromatic N) is 4. The molecule has 1 saturated heterocycles. The molecule has 2 aliphatic rings. The van der Waals surface area contributed by atoms with Gasteiger partial charge >= 0.3 is 0 Å². The Labute approximate surface area is 242 Å². The minimum atomic E-state index is -1.67. The van der Waals surface area contributed by atoms with Gasteiger partial charge in [0.1, 0.15) is 41.7 Å². The van der Waals surface area contributed by atoms with Crippen molar-refractivity contribution in [3.8, 4) is 11.3 Å². The van der Waals surface area contributed by atoms with Crippen LogP contribution in [0.25, 0.3) is 11.3 Å². The Morgan fingerprint density at radius 2 is 1.70 bits per heavy atom. The minimum Gasteiger partial charge on any atom is -0.394 e. The number of aliphatic hydroxyl groups is 3. The van der Waals surface area contributed by atoms with Gasteiger partial charge in [-0.15, -0.1) is 5.10 Å². The molecule has 1 aliphatic heterocycles. The van der Waals surface area contributed by atoms with Gasteiger partial charge in [-0.3, -0.25) is 4.79 Å². The molecular formula is C28H29F5N4O6. The summed E-state index contributed by atoms with van der Waals surface area (Å²) < 4.78 is 82.3. The van der Waals surface area contributed by atoms with Gasteiger partial charge in [-0.1, -0.05) is 18.1 Å². The molecule has 5 rings (SSSR count). The lowest BCUT2D eigenvalue weighted by Crippen LogP contribution is -2.63. The van der Waals surface area contributed by atoms with Crippen molar-refractivity contribution in [3.05, 3.63) is 65.6 Å². The predicted octanol–water partition coefficient (Wildman–Crippen LogP) is 2.65. The normalized spacial score (nSPS) is 27.7. The quantitative estimate of drug-likeness (QED) is 0.275. The number of amides is 1. The van der Waals surface area contributed by atoms with E-state index >= 15 is 0 Å². The first-order valence-corrected chi connectivity index (χ1v) is 13.5. The topological polar surface area (TPSA) is 130 Å². The van der Waals surface area contributed by atoms with E-state index in [0.717, 1.165) is 21.7 Å². The van der Waals surface area contributed by atoms with Crippen molar-refractivity contribution in [2.45, 2.75) is 68.3 Å². The summed E-state index contributed by atoms with van der Waals surface area (Å²) in [6, 6.07) is 1.74. The standard InChI is InChI=1S/C28H29F5N4O6/c1-42-26-24(36-11-19(34-35-36)13-6-17(31)23(33)18(32)7-13)25(40)22(12-38)43-27(26)28(41)37(20-4-2-3-5-21(20)39)16-9-14(29)8-15(30)10-16/h6-11,20-22,24-27,38-40H,2-5,12H2,1H3/t20-,21-,22+,24-,25-,26+,27+/m0/s1. The minimum absolute atomic E-state index is 0.114. The van der Waals surface area contributed by atoms with Crippen molar-refractivity contribution >= 4 is 11.6 Å². The third-order valence-electron chi connectivity index (χ3n) is 7.87. The largest absolute Gasteiger partial charge is 0.394 e. The first kappa shape index (κ1) is 30.9. The molecule has 1 saturated carbocycles. The summed E-state index contributed by atoms with van der Waals surface area (Å²) in [5, 5.41) is 39.7. The van der Waals surface area contributed by atoms with Gasteiger partial charge in [0.15, 0.2) is 23.6 Å². The van der Waals surface area contributed by atoms with Crippen LogP contribution in [0.15, 0.2) is 36.5 Å². The summed E-state index contributed by atoms with van der Waals surface area (Å²) in [7, 11) is 1.21. The highest BCUT2D eigenvalue weighted by atomic mass is 19.2. The Balaban J connectivity index is 1.55. The SMILES string of the molecule is CO[C@@H]1[C@@H](n2cc(-c3cc(F)c(F)c(F)c3)nn2)[C@@H](O)[C@@H](CO)O[C@H]1C(=O)N(c1cc(F)cc(F)c1)[C@H]1CCCC[C@@H]1O. The molecule has 2 aromatic carbocycles. The van der Waals surface area contributed by atoms with Crippen molar-refractivity contribution in [1.29, 1.82) is 0 Å². The third-order valence-corrected chi connectivity index (χ3v) is 7.87. The van der Waals surface area contributed by atoms with Gasteiger partial charge in [-0.25, -0.2) is 26.6 Å². The van der Waals surface area contributed by atoms with Crippen molar-refractivity contribution < 1.29 is 51.5 Å². The maximum atomic E-state index is 14.3. The number of hydrogen-bond acceptors (Lipinski definition) is 8. The van der Waals surface area contributed by atoms with Crippen molar-refractivity contribution in [1.82, 2.24) is 15.0 Å². The van der Waals surface area contributed by atoms with Crippen LogP contribution in [0.2, 0.25) is 0 Å². The average Bonchev–Trinajstić information content (AvgIpc) is 3.45. The van der Waals surface area contributed by atoms with Crippen LogP contribution in [0, 0.1) is 29.1 Å². The lowest BCUT2D eigenvalue weighted by Gasteiger charge is -2.46. The number of aromatic nitrogens is 3. The molecule has 7 atom stereocenters. The number of methoxy groups -OCH3 is 1. The molecule has 43 heavy (non-hydrogen) atoms. The Morgan fingerprint density at radius 1 is 1.05 bits per heavy atom. The lowest BCUT2D eigenvalue weighted by atomic mass is 9.88. The van der Waals surface area contributed by atoms with E-state index < -0.39 is 84.2 Å². The number of anilines is 1. The van der Waals surface area contributed by atoms with E-state index in [0.29, 0.717) is 43.9 Å². The first-order chi connectivity index (χ1) is 20.5. The summed E-state index contributed by atoms with van der Waals surface area (Å²) in [5.41, 5.74) is -0.467. The number of carbonyl (C=O) groups is 1. The summed E-state index contributed by atoms with van der Waals surface area (Å²) in [4.78, 5) is 15.3. The fourth-order valence-electron chi connectivity index (χ4n) is 5.81. The number of benzene rings is 2. The highest BCUT2D eigenvalue weighted by molar-refractivity contribution is 5.98. The van der Waals surface area contributed by atoms with Crippen LogP contribution in [-0.2, 0) is 14.3 Å². The van der Waals surface area contributed by atoms with Crippen molar-refractivity contribution in [3.63, 3.8) is 0 Å². The highest BCUT2D eigenvalue weighted by Crippen LogP contribution is 2.37. The second kappa shape index (κ2) is 12.6. The molecule has 0 radical (unpaired) electrons. The van der Waals surface area contributed by atoms with Crippen molar-refractivity contribution in [2.24, 2.45) is 0 Å². The van der Waals surface area contributed by atoms with E-state index in [2.05, 4.69) is 10.3 Å². The molecule has 15 heteroatoms. The fourth-order valence-corrected chi connectivity index (χ4v) is 5.81. The van der Waals surface area contributed by atoms with Gasteiger partial charge in [0.05, 0.1) is 24.9 Å². The Hall–Kier alpha value is -3.50. The Kier molecular flexibility index (Phi) is 9.08. The number of aliphatic hydroxyl groups excluding tert-OH is 3. The van der Waals surface area contributed by atoms with Gasteiger partial charge in [-0.2, -0.15) is 0 Å². The van der Waals surface area contributed by atoms with Crippen LogP contribution in [0.4, 0.5) is 27.6 Å². The fraction of sp³-hybridized carbons (Fsp3) is 0.464. The molecule has 10 nitrogen and oxygen atoms in total. The molecule has 1 aliphatic carbocycles. The van der Waals surface area contributed by atoms with Gasteiger partial charge < -0.3 is 29.7 Å². The average molecular weight is 613 g/mol. The number of hydrogen-bond donors (Lipinski definition) is 3. The van der Waals surface area contributed by atoms with Crippen LogP contribution in [0.3, 0.4) is 0 Å². The molecular weight excluding hydrogens is 583 g/mol. The lowest BCUT2D eigenvalue weighted by molar-refractivity contribution is -0.211. The molecule has 1 aromatic heterocycles. The molecule has 0 unspecified atom stereocenters. The zero-order chi connectivity index (χ0) is 31.0. The highest BCUT2D eigenvalue weighted by Gasteiger charge is 2.52. The van der Waals surface area contributed by atoms with Crippen LogP contribution in [0.1, 0.15) is 31.7 Å². The number of ether oxygens (including phenoxy) is 2. The second-order valence-electron chi connectivity index (χ2n) is 10.6. The molecule has 3 N–H and O–H groups in total. The van der Waals surface area contributed by atoms with Crippen LogP contribution in [-0.4, -0.2) is 86.5 Å². The van der Waals surface area contributed by atoms with Gasteiger partial charge in [0.25, 0.3) is 5.91 Å². The molecule has 3 aromatic rings. The second-order valence-corrected chi connectivity index (χ2v) is 10.6. The molecule has 2 fully saturated rings. The zero-order valence-electron chi connectivity index (χ0n) is 22.8. The van der Waals surface area contributed by atoms with Crippen LogP contribution < -0.4 is 4.90 Å². The maximum Gasteiger partial charge on any atom is 0.259 e. The summed E-state index contributed by atoms with van der Waals surface area (Å²) in [6.45, 7) is -0.769. The first-order valence-electron chi connectivity index (χ1n) is 13.5. The van der Waals surface area contributed by atoms with Crippen LogP contribution >= 0.6 is 0 Å².